The summed E-state index contributed by atoms with van der Waals surface area (Å²) in [6.07, 6.45) is 0.286. The Bertz CT molecular complexity index is 775. The van der Waals surface area contributed by atoms with E-state index >= 15 is 0 Å². The molecule has 0 unspecified atom stereocenters. The standard InChI is InChI=1S/C16H12ClNO2/c17-12-3-6-15-11(8-12)9-16(20-15)14(19)7-10-1-4-13(18)5-2-10/h1-6,8-9H,7,18H2. The fourth-order valence-corrected chi connectivity index (χ4v) is 2.24. The molecule has 20 heavy (non-hydrogen) atoms. The van der Waals surface area contributed by atoms with Gasteiger partial charge in [0.05, 0.1) is 0 Å². The lowest BCUT2D eigenvalue weighted by molar-refractivity contribution is 0.0968. The van der Waals surface area contributed by atoms with Crippen molar-refractivity contribution in [1.82, 2.24) is 0 Å². The summed E-state index contributed by atoms with van der Waals surface area (Å²) in [5.74, 6) is 0.279. The highest BCUT2D eigenvalue weighted by atomic mass is 35.5. The van der Waals surface area contributed by atoms with Gasteiger partial charge in [-0.15, -0.1) is 0 Å². The zero-order valence-electron chi connectivity index (χ0n) is 10.6. The summed E-state index contributed by atoms with van der Waals surface area (Å²) >= 11 is 5.91. The van der Waals surface area contributed by atoms with Crippen LogP contribution in [-0.4, -0.2) is 5.78 Å². The molecular weight excluding hydrogens is 274 g/mol. The first kappa shape index (κ1) is 12.8. The number of benzene rings is 2. The topological polar surface area (TPSA) is 56.2 Å². The van der Waals surface area contributed by atoms with Gasteiger partial charge in [-0.2, -0.15) is 0 Å². The fraction of sp³-hybridized carbons (Fsp3) is 0.0625. The van der Waals surface area contributed by atoms with Gasteiger partial charge in [-0.05, 0) is 42.0 Å². The summed E-state index contributed by atoms with van der Waals surface area (Å²) in [5.41, 5.74) is 7.87. The molecule has 3 aromatic rings. The van der Waals surface area contributed by atoms with Crippen LogP contribution in [0.1, 0.15) is 16.1 Å². The lowest BCUT2D eigenvalue weighted by Gasteiger charge is -1.99. The number of nitrogens with two attached hydrogens (primary N) is 1. The number of hydrogen-bond acceptors (Lipinski definition) is 3. The average molecular weight is 286 g/mol. The highest BCUT2D eigenvalue weighted by molar-refractivity contribution is 6.31. The first-order valence-corrected chi connectivity index (χ1v) is 6.56. The van der Waals surface area contributed by atoms with E-state index in [2.05, 4.69) is 0 Å². The smallest absolute Gasteiger partial charge is 0.202 e. The SMILES string of the molecule is Nc1ccc(CC(=O)c2cc3cc(Cl)ccc3o2)cc1. The van der Waals surface area contributed by atoms with Crippen LogP contribution in [0.3, 0.4) is 0 Å². The van der Waals surface area contributed by atoms with Crippen molar-refractivity contribution in [2.24, 2.45) is 0 Å². The fourth-order valence-electron chi connectivity index (χ4n) is 2.06. The van der Waals surface area contributed by atoms with Crippen molar-refractivity contribution in [2.75, 3.05) is 5.73 Å². The molecule has 3 rings (SSSR count). The third kappa shape index (κ3) is 2.53. The first-order valence-electron chi connectivity index (χ1n) is 6.18. The number of hydrogen-bond donors (Lipinski definition) is 1. The minimum Gasteiger partial charge on any atom is -0.453 e. The molecule has 0 amide bonds. The maximum atomic E-state index is 12.2. The molecule has 2 N–H and O–H groups in total. The van der Waals surface area contributed by atoms with Gasteiger partial charge in [-0.3, -0.25) is 4.79 Å². The van der Waals surface area contributed by atoms with Crippen molar-refractivity contribution in [3.63, 3.8) is 0 Å². The van der Waals surface area contributed by atoms with Crippen LogP contribution in [0.25, 0.3) is 11.0 Å². The van der Waals surface area contributed by atoms with Crippen LogP contribution >= 0.6 is 11.6 Å². The van der Waals surface area contributed by atoms with Gasteiger partial charge in [0.2, 0.25) is 5.78 Å². The van der Waals surface area contributed by atoms with E-state index in [0.717, 1.165) is 10.9 Å². The predicted octanol–water partition coefficient (Wildman–Crippen LogP) is 4.09. The van der Waals surface area contributed by atoms with Crippen LogP contribution in [0.15, 0.2) is 52.9 Å². The third-order valence-corrected chi connectivity index (χ3v) is 3.33. The average Bonchev–Trinajstić information content (AvgIpc) is 2.84. The molecule has 3 nitrogen and oxygen atoms in total. The molecule has 1 aromatic heterocycles. The number of carbonyl (C=O) groups excluding carboxylic acids is 1. The maximum absolute atomic E-state index is 12.2. The molecule has 2 aromatic carbocycles. The zero-order chi connectivity index (χ0) is 14.1. The minimum absolute atomic E-state index is 0.0675. The van der Waals surface area contributed by atoms with E-state index in [0.29, 0.717) is 22.1 Å². The van der Waals surface area contributed by atoms with Crippen molar-refractivity contribution in [3.05, 3.63) is 64.9 Å². The van der Waals surface area contributed by atoms with Crippen LogP contribution in [0.4, 0.5) is 5.69 Å². The van der Waals surface area contributed by atoms with Crippen molar-refractivity contribution >= 4 is 34.0 Å². The third-order valence-electron chi connectivity index (χ3n) is 3.10. The Balaban J connectivity index is 1.86. The number of anilines is 1. The number of rotatable bonds is 3. The van der Waals surface area contributed by atoms with Gasteiger partial charge in [-0.1, -0.05) is 23.7 Å². The Kier molecular flexibility index (Phi) is 3.20. The zero-order valence-corrected chi connectivity index (χ0v) is 11.4. The molecule has 0 radical (unpaired) electrons. The molecule has 0 atom stereocenters. The number of halogens is 1. The molecule has 0 fully saturated rings. The number of furan rings is 1. The van der Waals surface area contributed by atoms with Crippen molar-refractivity contribution in [3.8, 4) is 0 Å². The number of ketones is 1. The number of fused-ring (bicyclic) bond motifs is 1. The quantitative estimate of drug-likeness (QED) is 0.582. The van der Waals surface area contributed by atoms with Crippen molar-refractivity contribution in [1.29, 1.82) is 0 Å². The first-order chi connectivity index (χ1) is 9.61. The normalized spacial score (nSPS) is 10.8. The monoisotopic (exact) mass is 285 g/mol. The van der Waals surface area contributed by atoms with E-state index in [9.17, 15) is 4.79 Å². The van der Waals surface area contributed by atoms with Crippen LogP contribution < -0.4 is 5.73 Å². The summed E-state index contributed by atoms with van der Waals surface area (Å²) in [6, 6.07) is 14.2. The largest absolute Gasteiger partial charge is 0.453 e. The van der Waals surface area contributed by atoms with E-state index in [1.54, 1.807) is 36.4 Å². The molecule has 0 aliphatic heterocycles. The summed E-state index contributed by atoms with van der Waals surface area (Å²) < 4.78 is 5.55. The highest BCUT2D eigenvalue weighted by Gasteiger charge is 2.13. The summed E-state index contributed by atoms with van der Waals surface area (Å²) in [5, 5.41) is 1.45. The molecule has 100 valence electrons. The van der Waals surface area contributed by atoms with Crippen molar-refractivity contribution < 1.29 is 9.21 Å². The molecule has 0 bridgehead atoms. The molecular formula is C16H12ClNO2. The number of Topliss-reactive ketones (excluding diaryl/α,β-unsaturated/α-hetero) is 1. The highest BCUT2D eigenvalue weighted by Crippen LogP contribution is 2.24. The van der Waals surface area contributed by atoms with Gasteiger partial charge in [0.1, 0.15) is 5.58 Å². The lowest BCUT2D eigenvalue weighted by atomic mass is 10.1. The molecule has 4 heteroatoms. The molecule has 0 saturated heterocycles. The van der Waals surface area contributed by atoms with E-state index < -0.39 is 0 Å². The summed E-state index contributed by atoms with van der Waals surface area (Å²) in [7, 11) is 0. The van der Waals surface area contributed by atoms with Gasteiger partial charge in [0.25, 0.3) is 0 Å². The van der Waals surface area contributed by atoms with E-state index in [4.69, 9.17) is 21.8 Å². The second-order valence-electron chi connectivity index (χ2n) is 4.63. The predicted molar refractivity (Wildman–Crippen MR) is 80.1 cm³/mol. The molecule has 0 saturated carbocycles. The van der Waals surface area contributed by atoms with Gasteiger partial charge >= 0.3 is 0 Å². The minimum atomic E-state index is -0.0675. The van der Waals surface area contributed by atoms with Gasteiger partial charge < -0.3 is 10.2 Å². The molecule has 0 aliphatic carbocycles. The maximum Gasteiger partial charge on any atom is 0.202 e. The van der Waals surface area contributed by atoms with E-state index in [-0.39, 0.29) is 12.2 Å². The van der Waals surface area contributed by atoms with Gasteiger partial charge in [0, 0.05) is 22.5 Å². The van der Waals surface area contributed by atoms with Crippen LogP contribution in [-0.2, 0) is 6.42 Å². The van der Waals surface area contributed by atoms with Crippen LogP contribution in [0.2, 0.25) is 5.02 Å². The second-order valence-corrected chi connectivity index (χ2v) is 5.07. The summed E-state index contributed by atoms with van der Waals surface area (Å²) in [4.78, 5) is 12.2. The molecule has 1 heterocycles. The Labute approximate surface area is 120 Å². The Morgan fingerprint density at radius 1 is 1.10 bits per heavy atom. The molecule has 0 spiro atoms. The van der Waals surface area contributed by atoms with E-state index in [1.807, 2.05) is 12.1 Å². The van der Waals surface area contributed by atoms with Crippen LogP contribution in [0, 0.1) is 0 Å². The lowest BCUT2D eigenvalue weighted by Crippen LogP contribution is -2.02. The summed E-state index contributed by atoms with van der Waals surface area (Å²) in [6.45, 7) is 0. The number of carbonyl (C=O) groups is 1. The van der Waals surface area contributed by atoms with Gasteiger partial charge in [0.15, 0.2) is 5.76 Å². The Morgan fingerprint density at radius 2 is 1.85 bits per heavy atom. The molecule has 0 aliphatic rings. The van der Waals surface area contributed by atoms with Crippen molar-refractivity contribution in [2.45, 2.75) is 6.42 Å². The number of nitrogen functional groups attached to an aromatic ring is 1. The van der Waals surface area contributed by atoms with Crippen LogP contribution in [0.5, 0.6) is 0 Å². The Morgan fingerprint density at radius 3 is 2.60 bits per heavy atom. The van der Waals surface area contributed by atoms with Gasteiger partial charge in [-0.25, -0.2) is 0 Å². The van der Waals surface area contributed by atoms with E-state index in [1.165, 1.54) is 0 Å². The second kappa shape index (κ2) is 5.02. The Hall–Kier alpha value is -2.26.